The molecule has 0 aliphatic heterocycles. The number of benzene rings is 2. The van der Waals surface area contributed by atoms with Crippen LogP contribution in [0.1, 0.15) is 22.3 Å². The van der Waals surface area contributed by atoms with Gasteiger partial charge in [-0.1, -0.05) is 48.0 Å². The lowest BCUT2D eigenvalue weighted by Crippen LogP contribution is -2.04. The maximum absolute atomic E-state index is 2.32. The fourth-order valence-corrected chi connectivity index (χ4v) is 3.22. The van der Waals surface area contributed by atoms with Gasteiger partial charge in [0.1, 0.15) is 14.0 Å². The summed E-state index contributed by atoms with van der Waals surface area (Å²) < 4.78 is 0. The van der Waals surface area contributed by atoms with Crippen molar-refractivity contribution in [2.24, 2.45) is 0 Å². The Morgan fingerprint density at radius 3 is 2.06 bits per heavy atom. The molecule has 2 aromatic carbocycles. The lowest BCUT2D eigenvalue weighted by atomic mass is 10.1. The van der Waals surface area contributed by atoms with Crippen LogP contribution in [0.5, 0.6) is 0 Å². The minimum atomic E-state index is 0.751. The molecular weight excluding hydrogens is 223 g/mol. The molecule has 0 N–H and O–H groups in total. The highest BCUT2D eigenvalue weighted by Crippen LogP contribution is 2.13. The highest BCUT2D eigenvalue weighted by molar-refractivity contribution is 7.48. The van der Waals surface area contributed by atoms with Crippen molar-refractivity contribution in [3.05, 3.63) is 64.7 Å². The number of hydrogen-bond acceptors (Lipinski definition) is 0. The van der Waals surface area contributed by atoms with Crippen LogP contribution in [0.15, 0.2) is 42.5 Å². The molecule has 0 aromatic heterocycles. The van der Waals surface area contributed by atoms with Crippen LogP contribution in [-0.4, -0.2) is 5.80 Å². The van der Waals surface area contributed by atoms with Crippen LogP contribution in [0, 0.1) is 20.8 Å². The lowest BCUT2D eigenvalue weighted by Gasteiger charge is -2.00. The van der Waals surface area contributed by atoms with Crippen molar-refractivity contribution in [1.29, 1.82) is 0 Å². The summed E-state index contributed by atoms with van der Waals surface area (Å²) in [5, 5.41) is 1.49. The Morgan fingerprint density at radius 2 is 1.47 bits per heavy atom. The van der Waals surface area contributed by atoms with Crippen LogP contribution in [0.25, 0.3) is 0 Å². The third kappa shape index (κ3) is 3.05. The summed E-state index contributed by atoms with van der Waals surface area (Å²) in [5.74, 6) is 2.32. The summed E-state index contributed by atoms with van der Waals surface area (Å²) in [5.41, 5.74) is 5.49. The van der Waals surface area contributed by atoms with Gasteiger partial charge >= 0.3 is 0 Å². The highest BCUT2D eigenvalue weighted by atomic mass is 31.1. The quantitative estimate of drug-likeness (QED) is 0.702. The third-order valence-corrected chi connectivity index (χ3v) is 4.41. The van der Waals surface area contributed by atoms with E-state index in [0.29, 0.717) is 0 Å². The summed E-state index contributed by atoms with van der Waals surface area (Å²) in [6.45, 7) is 6.58. The Bertz CT molecular complexity index is 516. The molecule has 0 nitrogen and oxygen atoms in total. The lowest BCUT2D eigenvalue weighted by molar-refractivity contribution is 1.36. The van der Waals surface area contributed by atoms with E-state index in [4.69, 9.17) is 0 Å². The van der Waals surface area contributed by atoms with Gasteiger partial charge in [0.05, 0.1) is 0 Å². The van der Waals surface area contributed by atoms with E-state index in [2.05, 4.69) is 69.0 Å². The van der Waals surface area contributed by atoms with Crippen LogP contribution in [0.4, 0.5) is 0 Å². The van der Waals surface area contributed by atoms with Gasteiger partial charge in [0.15, 0.2) is 5.30 Å². The monoisotopic (exact) mass is 241 g/mol. The zero-order chi connectivity index (χ0) is 12.3. The van der Waals surface area contributed by atoms with E-state index in [0.717, 1.165) is 8.20 Å². The molecule has 0 radical (unpaired) electrons. The maximum Gasteiger partial charge on any atom is 0.152 e. The van der Waals surface area contributed by atoms with Gasteiger partial charge in [-0.25, -0.2) is 0 Å². The SMILES string of the molecule is Cc1cc(C)c([PH+]=Cc2ccccc2)c(C)c1. The van der Waals surface area contributed by atoms with Crippen molar-refractivity contribution in [3.8, 4) is 0 Å². The van der Waals surface area contributed by atoms with Gasteiger partial charge in [0, 0.05) is 5.56 Å². The van der Waals surface area contributed by atoms with E-state index in [1.54, 1.807) is 0 Å². The zero-order valence-corrected chi connectivity index (χ0v) is 11.6. The predicted molar refractivity (Wildman–Crippen MR) is 80.2 cm³/mol. The Labute approximate surface area is 105 Å². The molecule has 0 spiro atoms. The van der Waals surface area contributed by atoms with Gasteiger partial charge in [0.25, 0.3) is 0 Å². The minimum absolute atomic E-state index is 0.751. The van der Waals surface area contributed by atoms with E-state index >= 15 is 0 Å². The van der Waals surface area contributed by atoms with Crippen LogP contribution < -0.4 is 5.30 Å². The second-order valence-electron chi connectivity index (χ2n) is 4.47. The normalized spacial score (nSPS) is 11.0. The molecule has 1 unspecified atom stereocenters. The molecular formula is C16H18P+. The molecule has 2 rings (SSSR count). The molecule has 0 saturated heterocycles. The Balaban J connectivity index is 2.34. The zero-order valence-electron chi connectivity index (χ0n) is 10.6. The molecule has 0 aliphatic rings. The average Bonchev–Trinajstić information content (AvgIpc) is 2.29. The van der Waals surface area contributed by atoms with E-state index in [1.165, 1.54) is 27.6 Å². The van der Waals surface area contributed by atoms with Crippen molar-refractivity contribution in [3.63, 3.8) is 0 Å². The Morgan fingerprint density at radius 1 is 0.882 bits per heavy atom. The fraction of sp³-hybridized carbons (Fsp3) is 0.188. The second kappa shape index (κ2) is 5.29. The summed E-state index contributed by atoms with van der Waals surface area (Å²) in [6.07, 6.45) is 0. The second-order valence-corrected chi connectivity index (χ2v) is 5.55. The van der Waals surface area contributed by atoms with Crippen molar-refractivity contribution < 1.29 is 0 Å². The van der Waals surface area contributed by atoms with Crippen LogP contribution in [0.2, 0.25) is 0 Å². The number of rotatable bonds is 2. The molecule has 0 heterocycles. The average molecular weight is 241 g/mol. The van der Waals surface area contributed by atoms with Crippen molar-refractivity contribution in [2.45, 2.75) is 20.8 Å². The number of hydrogen-bond donors (Lipinski definition) is 0. The topological polar surface area (TPSA) is 0 Å². The van der Waals surface area contributed by atoms with Gasteiger partial charge in [-0.15, -0.1) is 0 Å². The van der Waals surface area contributed by atoms with E-state index in [1.807, 2.05) is 0 Å². The fourth-order valence-electron chi connectivity index (χ4n) is 2.11. The van der Waals surface area contributed by atoms with Gasteiger partial charge in [-0.05, 0) is 31.9 Å². The predicted octanol–water partition coefficient (Wildman–Crippen LogP) is 3.77. The standard InChI is InChI=1S/C16H17P/c1-12-9-13(2)16(14(3)10-12)17-11-15-7-5-4-6-8-15/h4-11H,1-3H3/p+1. The van der Waals surface area contributed by atoms with Crippen LogP contribution in [-0.2, 0) is 0 Å². The Hall–Kier alpha value is -1.39. The molecule has 0 amide bonds. The van der Waals surface area contributed by atoms with Crippen molar-refractivity contribution in [2.75, 3.05) is 0 Å². The molecule has 1 heteroatoms. The summed E-state index contributed by atoms with van der Waals surface area (Å²) in [7, 11) is 0.751. The largest absolute Gasteiger partial charge is 0.152 e. The smallest absolute Gasteiger partial charge is 0.0622 e. The first-order valence-corrected chi connectivity index (χ1v) is 6.97. The van der Waals surface area contributed by atoms with Crippen molar-refractivity contribution in [1.82, 2.24) is 0 Å². The minimum Gasteiger partial charge on any atom is -0.0622 e. The third-order valence-electron chi connectivity index (χ3n) is 2.86. The first kappa shape index (κ1) is 12.1. The molecule has 0 aliphatic carbocycles. The van der Waals surface area contributed by atoms with E-state index in [-0.39, 0.29) is 0 Å². The molecule has 0 fully saturated rings. The molecule has 0 bridgehead atoms. The van der Waals surface area contributed by atoms with Gasteiger partial charge in [-0.2, -0.15) is 0 Å². The summed E-state index contributed by atoms with van der Waals surface area (Å²) in [6, 6.07) is 15.1. The summed E-state index contributed by atoms with van der Waals surface area (Å²) in [4.78, 5) is 0. The molecule has 0 saturated carbocycles. The first-order chi connectivity index (χ1) is 8.16. The van der Waals surface area contributed by atoms with Gasteiger partial charge < -0.3 is 0 Å². The molecule has 17 heavy (non-hydrogen) atoms. The molecule has 2 aromatic rings. The first-order valence-electron chi connectivity index (χ1n) is 5.89. The van der Waals surface area contributed by atoms with Crippen molar-refractivity contribution >= 4 is 19.3 Å². The van der Waals surface area contributed by atoms with Gasteiger partial charge in [0.2, 0.25) is 0 Å². The number of aryl methyl sites for hydroxylation is 3. The maximum atomic E-state index is 2.32. The van der Waals surface area contributed by atoms with Gasteiger partial charge in [-0.3, -0.25) is 0 Å². The van der Waals surface area contributed by atoms with Crippen LogP contribution in [0.3, 0.4) is 0 Å². The molecule has 1 atom stereocenters. The Kier molecular flexibility index (Phi) is 3.76. The molecule has 86 valence electrons. The van der Waals surface area contributed by atoms with E-state index < -0.39 is 0 Å². The highest BCUT2D eigenvalue weighted by Gasteiger charge is 2.07. The van der Waals surface area contributed by atoms with Crippen LogP contribution >= 0.6 is 8.20 Å². The van der Waals surface area contributed by atoms with E-state index in [9.17, 15) is 0 Å². The summed E-state index contributed by atoms with van der Waals surface area (Å²) >= 11 is 0.